The highest BCUT2D eigenvalue weighted by Crippen LogP contribution is 2.24. The predicted octanol–water partition coefficient (Wildman–Crippen LogP) is 3.91. The molecule has 2 aromatic rings. The van der Waals surface area contributed by atoms with Crippen molar-refractivity contribution in [3.8, 4) is 0 Å². The van der Waals surface area contributed by atoms with Gasteiger partial charge in [-0.1, -0.05) is 0 Å². The number of hydrogen-bond acceptors (Lipinski definition) is 6. The zero-order valence-electron chi connectivity index (χ0n) is 16.6. The molecule has 1 aliphatic heterocycles. The number of rotatable bonds is 3. The van der Waals surface area contributed by atoms with Crippen LogP contribution in [0.5, 0.6) is 0 Å². The lowest BCUT2D eigenvalue weighted by Gasteiger charge is -2.31. The van der Waals surface area contributed by atoms with Crippen LogP contribution in [0.25, 0.3) is 0 Å². The normalized spacial score (nSPS) is 13.5. The van der Waals surface area contributed by atoms with Gasteiger partial charge in [0.1, 0.15) is 11.4 Å². The fourth-order valence-corrected chi connectivity index (χ4v) is 2.94. The number of amides is 1. The molecule has 148 valence electrons. The molecule has 0 unspecified atom stereocenters. The van der Waals surface area contributed by atoms with Crippen LogP contribution in [0.3, 0.4) is 0 Å². The average molecular weight is 383 g/mol. The van der Waals surface area contributed by atoms with E-state index in [1.807, 2.05) is 33.0 Å². The third-order valence-electron chi connectivity index (χ3n) is 4.33. The Labute approximate surface area is 164 Å². The van der Waals surface area contributed by atoms with E-state index in [2.05, 4.69) is 10.3 Å². The van der Waals surface area contributed by atoms with Crippen LogP contribution >= 0.6 is 0 Å². The van der Waals surface area contributed by atoms with E-state index >= 15 is 0 Å². The molecule has 0 saturated heterocycles. The Morgan fingerprint density at radius 2 is 1.86 bits per heavy atom. The summed E-state index contributed by atoms with van der Waals surface area (Å²) in [6.07, 6.45) is 2.28. The van der Waals surface area contributed by atoms with Crippen molar-refractivity contribution in [1.29, 1.82) is 0 Å². The van der Waals surface area contributed by atoms with Crippen LogP contribution in [0.4, 0.5) is 16.3 Å². The van der Waals surface area contributed by atoms with Crippen molar-refractivity contribution in [1.82, 2.24) is 9.88 Å². The van der Waals surface area contributed by atoms with Crippen molar-refractivity contribution >= 4 is 23.6 Å². The molecule has 0 bridgehead atoms. The van der Waals surface area contributed by atoms with Gasteiger partial charge >= 0.3 is 12.1 Å². The number of fused-ring (bicyclic) bond motifs is 1. The van der Waals surface area contributed by atoms with Gasteiger partial charge in [-0.05, 0) is 68.7 Å². The summed E-state index contributed by atoms with van der Waals surface area (Å²) >= 11 is 0. The van der Waals surface area contributed by atoms with E-state index < -0.39 is 5.60 Å². The molecular formula is C21H25N3O4. The number of methoxy groups -OCH3 is 1. The van der Waals surface area contributed by atoms with Gasteiger partial charge in [0.2, 0.25) is 0 Å². The Kier molecular flexibility index (Phi) is 5.53. The quantitative estimate of drug-likeness (QED) is 0.810. The average Bonchev–Trinajstić information content (AvgIpc) is 2.66. The number of carbonyl (C=O) groups excluding carboxylic acids is 2. The van der Waals surface area contributed by atoms with Crippen molar-refractivity contribution in [2.75, 3.05) is 19.0 Å². The van der Waals surface area contributed by atoms with E-state index in [-0.39, 0.29) is 12.1 Å². The highest BCUT2D eigenvalue weighted by molar-refractivity contribution is 5.89. The van der Waals surface area contributed by atoms with Crippen LogP contribution in [-0.2, 0) is 22.4 Å². The van der Waals surface area contributed by atoms with Gasteiger partial charge < -0.3 is 19.7 Å². The van der Waals surface area contributed by atoms with Crippen molar-refractivity contribution in [2.24, 2.45) is 0 Å². The van der Waals surface area contributed by atoms with Crippen molar-refractivity contribution < 1.29 is 19.1 Å². The minimum Gasteiger partial charge on any atom is -0.465 e. The molecule has 0 spiro atoms. The highest BCUT2D eigenvalue weighted by Gasteiger charge is 2.26. The maximum absolute atomic E-state index is 12.3. The third-order valence-corrected chi connectivity index (χ3v) is 4.33. The van der Waals surface area contributed by atoms with Crippen LogP contribution in [0.2, 0.25) is 0 Å². The molecule has 0 radical (unpaired) electrons. The smallest absolute Gasteiger partial charge is 0.410 e. The van der Waals surface area contributed by atoms with E-state index in [1.165, 1.54) is 7.11 Å². The lowest BCUT2D eigenvalue weighted by atomic mass is 10.0. The van der Waals surface area contributed by atoms with Crippen LogP contribution in [-0.4, -0.2) is 41.2 Å². The largest absolute Gasteiger partial charge is 0.465 e. The molecular weight excluding hydrogens is 358 g/mol. The van der Waals surface area contributed by atoms with Crippen LogP contribution in [0.15, 0.2) is 36.5 Å². The van der Waals surface area contributed by atoms with Gasteiger partial charge in [-0.25, -0.2) is 14.6 Å². The van der Waals surface area contributed by atoms with Crippen LogP contribution in [0, 0.1) is 0 Å². The predicted molar refractivity (Wildman–Crippen MR) is 106 cm³/mol. The molecule has 2 heterocycles. The molecule has 3 rings (SSSR count). The monoisotopic (exact) mass is 383 g/mol. The molecule has 1 amide bonds. The van der Waals surface area contributed by atoms with E-state index in [9.17, 15) is 9.59 Å². The van der Waals surface area contributed by atoms with Crippen molar-refractivity contribution in [3.05, 3.63) is 53.2 Å². The first-order chi connectivity index (χ1) is 13.2. The second kappa shape index (κ2) is 7.88. The zero-order chi connectivity index (χ0) is 20.3. The fourth-order valence-electron chi connectivity index (χ4n) is 2.94. The van der Waals surface area contributed by atoms with Gasteiger partial charge in [0, 0.05) is 25.0 Å². The summed E-state index contributed by atoms with van der Waals surface area (Å²) in [5.41, 5.74) is 2.95. The number of hydrogen-bond donors (Lipinski definition) is 1. The number of aromatic nitrogens is 1. The van der Waals surface area contributed by atoms with Gasteiger partial charge in [-0.3, -0.25) is 0 Å². The van der Waals surface area contributed by atoms with E-state index in [0.717, 1.165) is 23.2 Å². The zero-order valence-corrected chi connectivity index (χ0v) is 16.6. The minimum absolute atomic E-state index is 0.303. The van der Waals surface area contributed by atoms with Crippen LogP contribution < -0.4 is 5.32 Å². The molecule has 1 N–H and O–H groups in total. The third kappa shape index (κ3) is 4.79. The van der Waals surface area contributed by atoms with Gasteiger partial charge in [0.25, 0.3) is 0 Å². The molecule has 1 aliphatic rings. The second-order valence-corrected chi connectivity index (χ2v) is 7.68. The molecule has 0 atom stereocenters. The van der Waals surface area contributed by atoms with E-state index in [4.69, 9.17) is 9.47 Å². The summed E-state index contributed by atoms with van der Waals surface area (Å²) in [6.45, 7) is 6.69. The molecule has 1 aromatic carbocycles. The summed E-state index contributed by atoms with van der Waals surface area (Å²) in [7, 11) is 1.35. The van der Waals surface area contributed by atoms with Gasteiger partial charge in [-0.2, -0.15) is 0 Å². The number of anilines is 2. The summed E-state index contributed by atoms with van der Waals surface area (Å²) in [4.78, 5) is 30.0. The lowest BCUT2D eigenvalue weighted by molar-refractivity contribution is 0.0223. The Morgan fingerprint density at radius 1 is 1.14 bits per heavy atom. The molecule has 1 aromatic heterocycles. The maximum Gasteiger partial charge on any atom is 0.410 e. The Hall–Kier alpha value is -3.09. The number of nitrogens with zero attached hydrogens (tertiary/aromatic N) is 2. The summed E-state index contributed by atoms with van der Waals surface area (Å²) < 4.78 is 10.2. The maximum atomic E-state index is 12.3. The molecule has 0 fully saturated rings. The first kappa shape index (κ1) is 19.7. The van der Waals surface area contributed by atoms with Crippen LogP contribution in [0.1, 0.15) is 42.3 Å². The standard InChI is InChI=1S/C21H25N3O4/c1-21(2,3)28-20(26)24-10-9-15-12-22-18(11-16(15)13-24)23-17-7-5-14(6-8-17)19(25)27-4/h5-8,11-12H,9-10,13H2,1-4H3,(H,22,23). The van der Waals surface area contributed by atoms with Gasteiger partial charge in [0.15, 0.2) is 0 Å². The van der Waals surface area contributed by atoms with Gasteiger partial charge in [0.05, 0.1) is 12.7 Å². The number of benzene rings is 1. The van der Waals surface area contributed by atoms with Crippen molar-refractivity contribution in [3.63, 3.8) is 0 Å². The molecule has 0 aliphatic carbocycles. The molecule has 28 heavy (non-hydrogen) atoms. The van der Waals surface area contributed by atoms with Gasteiger partial charge in [-0.15, -0.1) is 0 Å². The number of pyridine rings is 1. The van der Waals surface area contributed by atoms with Crippen molar-refractivity contribution in [2.45, 2.75) is 39.3 Å². The highest BCUT2D eigenvalue weighted by atomic mass is 16.6. The Morgan fingerprint density at radius 3 is 2.50 bits per heavy atom. The molecule has 7 heteroatoms. The molecule has 0 saturated carbocycles. The number of nitrogens with one attached hydrogen (secondary N) is 1. The molecule has 7 nitrogen and oxygen atoms in total. The van der Waals surface area contributed by atoms with E-state index in [0.29, 0.717) is 24.5 Å². The number of ether oxygens (including phenoxy) is 2. The topological polar surface area (TPSA) is 80.8 Å². The number of carbonyl (C=O) groups is 2. The summed E-state index contributed by atoms with van der Waals surface area (Å²) in [5, 5.41) is 3.22. The second-order valence-electron chi connectivity index (χ2n) is 7.68. The Balaban J connectivity index is 1.70. The minimum atomic E-state index is -0.515. The fraction of sp³-hybridized carbons (Fsp3) is 0.381. The first-order valence-electron chi connectivity index (χ1n) is 9.16. The summed E-state index contributed by atoms with van der Waals surface area (Å²) in [5.74, 6) is 0.302. The SMILES string of the molecule is COC(=O)c1ccc(Nc2cc3c(cn2)CCN(C(=O)OC(C)(C)C)C3)cc1. The lowest BCUT2D eigenvalue weighted by Crippen LogP contribution is -2.39. The number of esters is 1. The Bertz CT molecular complexity index is 872. The first-order valence-corrected chi connectivity index (χ1v) is 9.16. The summed E-state index contributed by atoms with van der Waals surface area (Å²) in [6, 6.07) is 8.91. The van der Waals surface area contributed by atoms with E-state index in [1.54, 1.807) is 29.2 Å².